The molecule has 0 aromatic rings. The van der Waals surface area contributed by atoms with Crippen molar-refractivity contribution in [3.05, 3.63) is 0 Å². The Balaban J connectivity index is 2.23. The van der Waals surface area contributed by atoms with E-state index in [4.69, 9.17) is 17.2 Å². The first-order chi connectivity index (χ1) is 32.5. The molecule has 0 bridgehead atoms. The molecule has 27 nitrogen and oxygen atoms in total. The Bertz CT molecular complexity index is 1880. The van der Waals surface area contributed by atoms with E-state index in [1.807, 2.05) is 0 Å². The number of amides is 9. The molecule has 69 heavy (non-hydrogen) atoms. The monoisotopic (exact) mass is 1000 g/mol. The van der Waals surface area contributed by atoms with Crippen LogP contribution in [0.3, 0.4) is 0 Å². The molecule has 0 aromatic heterocycles. The number of hydrogen-bond acceptors (Lipinski definition) is 16. The van der Waals surface area contributed by atoms with Gasteiger partial charge < -0.3 is 79.3 Å². The number of carbonyl (C=O) groups is 12. The molecule has 0 unspecified atom stereocenters. The Morgan fingerprint density at radius 2 is 1.19 bits per heavy atom. The molecule has 9 atom stereocenters. The molecule has 2 rings (SSSR count). The molecule has 0 aromatic carbocycles. The Hall–Kier alpha value is -6.13. The molecule has 2 aliphatic heterocycles. The van der Waals surface area contributed by atoms with Gasteiger partial charge in [-0.05, 0) is 89.7 Å². The van der Waals surface area contributed by atoms with Crippen LogP contribution in [-0.2, 0) is 57.5 Å². The van der Waals surface area contributed by atoms with Gasteiger partial charge in [0.05, 0.1) is 19.1 Å². The molecule has 16 N–H and O–H groups in total. The normalized spacial score (nSPS) is 18.5. The van der Waals surface area contributed by atoms with E-state index in [-0.39, 0.29) is 64.6 Å². The van der Waals surface area contributed by atoms with Gasteiger partial charge in [-0.2, -0.15) is 11.8 Å². The zero-order chi connectivity index (χ0) is 52.0. The number of nitrogens with zero attached hydrogens (tertiary/aromatic N) is 2. The fourth-order valence-electron chi connectivity index (χ4n) is 7.54. The number of aliphatic hydroxyl groups is 1. The number of carbonyl (C=O) groups excluding carboxylic acids is 9. The Labute approximate surface area is 401 Å². The zero-order valence-electron chi connectivity index (χ0n) is 38.6. The van der Waals surface area contributed by atoms with Crippen molar-refractivity contribution in [1.82, 2.24) is 41.7 Å². The summed E-state index contributed by atoms with van der Waals surface area (Å²) in [6.45, 7) is 0.786. The summed E-state index contributed by atoms with van der Waals surface area (Å²) in [5.74, 6) is -11.9. The van der Waals surface area contributed by atoms with Crippen LogP contribution in [0.5, 0.6) is 0 Å². The summed E-state index contributed by atoms with van der Waals surface area (Å²) in [6.07, 6.45) is -0.474. The van der Waals surface area contributed by atoms with Crippen LogP contribution in [0.4, 0.5) is 0 Å². The van der Waals surface area contributed by atoms with Gasteiger partial charge in [-0.3, -0.25) is 52.7 Å². The molecule has 9 amide bonds. The standard InChI is InChI=1S/C41H67N11O16S/c1-21(53)33(44)40(66)52-17-6-9-28(52)37(63)48-23(11-13-31(56)57)34(60)45-20-30(55)46-26(19-32(58)59)36(62)47-22(7-3-4-15-42)35(61)49-24(14-18-69-2)39(65)51-16-5-8-27(51)38(64)50-25(41(67)68)10-12-29(43)54/h21-28,33,53H,3-20,42,44H2,1-2H3,(H2,43,54)(H,45,60)(H,46,55)(H,47,62)(H,48,63)(H,49,61)(H,50,64)(H,56,57)(H,58,59)(H,67,68)/t21-,22+,23+,24+,25+,26+,27+,28+,33+/m1/s1. The minimum Gasteiger partial charge on any atom is -0.481 e. The summed E-state index contributed by atoms with van der Waals surface area (Å²) < 4.78 is 0. The summed E-state index contributed by atoms with van der Waals surface area (Å²) >= 11 is 1.34. The van der Waals surface area contributed by atoms with E-state index in [0.29, 0.717) is 25.0 Å². The summed E-state index contributed by atoms with van der Waals surface area (Å²) in [7, 11) is 0. The van der Waals surface area contributed by atoms with Gasteiger partial charge in [0.2, 0.25) is 53.2 Å². The lowest BCUT2D eigenvalue weighted by Crippen LogP contribution is -2.59. The summed E-state index contributed by atoms with van der Waals surface area (Å²) in [5, 5.41) is 52.5. The predicted molar refractivity (Wildman–Crippen MR) is 243 cm³/mol. The minimum atomic E-state index is -1.84. The van der Waals surface area contributed by atoms with Crippen molar-refractivity contribution < 1.29 is 78.0 Å². The molecule has 2 aliphatic rings. The van der Waals surface area contributed by atoms with Gasteiger partial charge in [-0.15, -0.1) is 0 Å². The van der Waals surface area contributed by atoms with E-state index < -0.39 is 151 Å². The van der Waals surface area contributed by atoms with Crippen LogP contribution in [0.1, 0.15) is 90.4 Å². The van der Waals surface area contributed by atoms with Crippen molar-refractivity contribution >= 4 is 82.8 Å². The number of nitrogens with one attached hydrogen (secondary N) is 6. The minimum absolute atomic E-state index is 0.0536. The number of aliphatic carboxylic acids is 3. The maximum atomic E-state index is 14.0. The van der Waals surface area contributed by atoms with E-state index in [1.165, 1.54) is 23.6 Å². The SMILES string of the molecule is CSCC[C@H](NC(=O)[C@H](CCCCN)NC(=O)[C@H](CC(=O)O)NC(=O)CNC(=O)[C@H](CCC(=O)O)NC(=O)[C@@H]1CCCN1C(=O)[C@@H](N)[C@@H](C)O)C(=O)N1CCC[C@H]1C(=O)N[C@@H](CCC(N)=O)C(=O)O. The molecule has 2 saturated heterocycles. The molecular weight excluding hydrogens is 935 g/mol. The van der Waals surface area contributed by atoms with Crippen LogP contribution < -0.4 is 49.1 Å². The van der Waals surface area contributed by atoms with Crippen molar-refractivity contribution in [2.24, 2.45) is 17.2 Å². The van der Waals surface area contributed by atoms with E-state index in [1.54, 1.807) is 6.26 Å². The van der Waals surface area contributed by atoms with Crippen molar-refractivity contribution in [3.63, 3.8) is 0 Å². The van der Waals surface area contributed by atoms with Crippen LogP contribution in [0.2, 0.25) is 0 Å². The van der Waals surface area contributed by atoms with Gasteiger partial charge in [0.25, 0.3) is 0 Å². The third kappa shape index (κ3) is 19.8. The summed E-state index contributed by atoms with van der Waals surface area (Å²) in [5.41, 5.74) is 16.6. The number of carboxylic acids is 3. The van der Waals surface area contributed by atoms with Gasteiger partial charge in [-0.25, -0.2) is 4.79 Å². The van der Waals surface area contributed by atoms with Crippen LogP contribution in [-0.4, -0.2) is 194 Å². The fourth-order valence-corrected chi connectivity index (χ4v) is 8.01. The first kappa shape index (κ1) is 59.0. The maximum absolute atomic E-state index is 14.0. The number of aliphatic hydroxyl groups excluding tert-OH is 1. The molecule has 0 spiro atoms. The lowest BCUT2D eigenvalue weighted by atomic mass is 10.1. The maximum Gasteiger partial charge on any atom is 0.326 e. The molecule has 28 heteroatoms. The molecule has 2 heterocycles. The lowest BCUT2D eigenvalue weighted by molar-refractivity contribution is -0.145. The average molecular weight is 1000 g/mol. The van der Waals surface area contributed by atoms with Gasteiger partial charge in [-0.1, -0.05) is 0 Å². The second kappa shape index (κ2) is 29.7. The van der Waals surface area contributed by atoms with Crippen molar-refractivity contribution in [3.8, 4) is 0 Å². The van der Waals surface area contributed by atoms with Crippen LogP contribution >= 0.6 is 11.8 Å². The fraction of sp³-hybridized carbons (Fsp3) is 0.707. The Kier molecular flexibility index (Phi) is 25.4. The highest BCUT2D eigenvalue weighted by Gasteiger charge is 2.41. The number of primary amides is 1. The smallest absolute Gasteiger partial charge is 0.326 e. The molecule has 2 fully saturated rings. The number of likely N-dealkylation sites (tertiary alicyclic amines) is 2. The molecule has 388 valence electrons. The van der Waals surface area contributed by atoms with Gasteiger partial charge >= 0.3 is 17.9 Å². The van der Waals surface area contributed by atoms with Gasteiger partial charge in [0, 0.05) is 25.9 Å². The van der Waals surface area contributed by atoms with Gasteiger partial charge in [0.1, 0.15) is 48.3 Å². The van der Waals surface area contributed by atoms with Crippen LogP contribution in [0.25, 0.3) is 0 Å². The second-order valence-corrected chi connectivity index (χ2v) is 17.7. The summed E-state index contributed by atoms with van der Waals surface area (Å²) in [4.78, 5) is 156. The number of rotatable bonds is 31. The zero-order valence-corrected chi connectivity index (χ0v) is 39.5. The number of carboxylic acid groups (broad SMARTS) is 3. The molecule has 0 radical (unpaired) electrons. The Morgan fingerprint density at radius 3 is 1.71 bits per heavy atom. The summed E-state index contributed by atoms with van der Waals surface area (Å²) in [6, 6.07) is -11.1. The van der Waals surface area contributed by atoms with Crippen molar-refractivity contribution in [1.29, 1.82) is 0 Å². The highest BCUT2D eigenvalue weighted by molar-refractivity contribution is 7.98. The topological polar surface area (TPSA) is 442 Å². The number of nitrogens with two attached hydrogens (primary N) is 3. The molecular formula is C41H67N11O16S. The quantitative estimate of drug-likeness (QED) is 0.0289. The highest BCUT2D eigenvalue weighted by Crippen LogP contribution is 2.22. The van der Waals surface area contributed by atoms with Crippen LogP contribution in [0, 0.1) is 0 Å². The number of thioether (sulfide) groups is 1. The van der Waals surface area contributed by atoms with Crippen molar-refractivity contribution in [2.75, 3.05) is 38.2 Å². The Morgan fingerprint density at radius 1 is 0.652 bits per heavy atom. The predicted octanol–water partition coefficient (Wildman–Crippen LogP) is -5.21. The van der Waals surface area contributed by atoms with E-state index in [2.05, 4.69) is 31.9 Å². The van der Waals surface area contributed by atoms with E-state index in [0.717, 1.165) is 4.90 Å². The largest absolute Gasteiger partial charge is 0.481 e. The second-order valence-electron chi connectivity index (χ2n) is 16.7. The third-order valence-corrected chi connectivity index (χ3v) is 12.0. The van der Waals surface area contributed by atoms with Gasteiger partial charge in [0.15, 0.2) is 0 Å². The molecule has 0 saturated carbocycles. The first-order valence-corrected chi connectivity index (χ1v) is 23.9. The van der Waals surface area contributed by atoms with E-state index >= 15 is 0 Å². The molecule has 0 aliphatic carbocycles. The number of unbranched alkanes of at least 4 members (excludes halogenated alkanes) is 1. The third-order valence-electron chi connectivity index (χ3n) is 11.3. The van der Waals surface area contributed by atoms with Crippen molar-refractivity contribution in [2.45, 2.75) is 145 Å². The van der Waals surface area contributed by atoms with Crippen LogP contribution in [0.15, 0.2) is 0 Å². The van der Waals surface area contributed by atoms with E-state index in [9.17, 15) is 78.0 Å². The highest BCUT2D eigenvalue weighted by atomic mass is 32.2. The average Bonchev–Trinajstić information content (AvgIpc) is 3.99. The number of hydrogen-bond donors (Lipinski definition) is 13. The first-order valence-electron chi connectivity index (χ1n) is 22.5. The lowest BCUT2D eigenvalue weighted by Gasteiger charge is -2.30.